The van der Waals surface area contributed by atoms with Crippen LogP contribution in [0.1, 0.15) is 0 Å². The second-order valence-electron chi connectivity index (χ2n) is 3.68. The third-order valence-electron chi connectivity index (χ3n) is 2.64. The van der Waals surface area contributed by atoms with Crippen LogP contribution in [0.4, 0.5) is 13.2 Å². The van der Waals surface area contributed by atoms with Gasteiger partial charge in [-0.2, -0.15) is 13.2 Å². The Morgan fingerprint density at radius 1 is 1.40 bits per heavy atom. The van der Waals surface area contributed by atoms with Crippen LogP contribution in [0.25, 0.3) is 0 Å². The van der Waals surface area contributed by atoms with E-state index in [4.69, 9.17) is 4.74 Å². The number of hydrogen-bond acceptors (Lipinski definition) is 3. The molecule has 7 heteroatoms. The van der Waals surface area contributed by atoms with Crippen LogP contribution in [0.3, 0.4) is 0 Å². The summed E-state index contributed by atoms with van der Waals surface area (Å²) in [7, 11) is 0. The van der Waals surface area contributed by atoms with Crippen LogP contribution in [-0.4, -0.2) is 55.4 Å². The minimum Gasteiger partial charge on any atom is -0.373 e. The number of nitrogens with one attached hydrogen (secondary N) is 1. The molecule has 0 spiro atoms. The van der Waals surface area contributed by atoms with Crippen LogP contribution < -0.4 is 5.32 Å². The number of morpholine rings is 1. The number of ether oxygens (including phenoxy) is 1. The minimum atomic E-state index is -4.78. The number of carbonyl (C=O) groups excluding carboxylic acids is 1. The summed E-state index contributed by atoms with van der Waals surface area (Å²) in [6, 6.07) is -0.162. The number of halogens is 3. The lowest BCUT2D eigenvalue weighted by molar-refractivity contribution is -0.184. The maximum Gasteiger partial charge on any atom is 0.471 e. The molecule has 2 heterocycles. The first-order valence-electron chi connectivity index (χ1n) is 4.69. The largest absolute Gasteiger partial charge is 0.471 e. The maximum atomic E-state index is 12.1. The van der Waals surface area contributed by atoms with Gasteiger partial charge in [0, 0.05) is 19.6 Å². The Labute approximate surface area is 84.4 Å². The van der Waals surface area contributed by atoms with E-state index < -0.39 is 12.1 Å². The number of rotatable bonds is 0. The molecule has 1 amide bonds. The molecule has 86 valence electrons. The van der Waals surface area contributed by atoms with Gasteiger partial charge in [0.05, 0.1) is 18.8 Å². The third kappa shape index (κ3) is 2.07. The highest BCUT2D eigenvalue weighted by atomic mass is 19.4. The fourth-order valence-electron chi connectivity index (χ4n) is 1.94. The molecule has 1 N–H and O–H groups in total. The molecule has 0 unspecified atom stereocenters. The fraction of sp³-hybridized carbons (Fsp3) is 0.875. The summed E-state index contributed by atoms with van der Waals surface area (Å²) in [5.41, 5.74) is 0. The lowest BCUT2D eigenvalue weighted by atomic mass is 10.2. The zero-order chi connectivity index (χ0) is 11.1. The van der Waals surface area contributed by atoms with E-state index in [1.165, 1.54) is 0 Å². The smallest absolute Gasteiger partial charge is 0.373 e. The van der Waals surface area contributed by atoms with Crippen LogP contribution in [0.2, 0.25) is 0 Å². The quantitative estimate of drug-likeness (QED) is 0.616. The molecule has 2 atom stereocenters. The lowest BCUT2D eigenvalue weighted by Crippen LogP contribution is -2.47. The van der Waals surface area contributed by atoms with Crippen LogP contribution in [0.5, 0.6) is 0 Å². The Bertz CT molecular complexity index is 255. The van der Waals surface area contributed by atoms with Crippen molar-refractivity contribution in [1.29, 1.82) is 0 Å². The molecule has 2 aliphatic rings. The van der Waals surface area contributed by atoms with Gasteiger partial charge in [0.2, 0.25) is 0 Å². The fourth-order valence-corrected chi connectivity index (χ4v) is 1.94. The summed E-state index contributed by atoms with van der Waals surface area (Å²) >= 11 is 0. The van der Waals surface area contributed by atoms with E-state index >= 15 is 0 Å². The van der Waals surface area contributed by atoms with Gasteiger partial charge in [-0.05, 0) is 0 Å². The summed E-state index contributed by atoms with van der Waals surface area (Å²) in [6.45, 7) is 1.20. The second kappa shape index (κ2) is 3.64. The van der Waals surface area contributed by atoms with E-state index in [0.717, 1.165) is 4.90 Å². The van der Waals surface area contributed by atoms with Crippen molar-refractivity contribution < 1.29 is 22.7 Å². The van der Waals surface area contributed by atoms with Gasteiger partial charge < -0.3 is 15.0 Å². The van der Waals surface area contributed by atoms with Crippen LogP contribution in [-0.2, 0) is 9.53 Å². The third-order valence-corrected chi connectivity index (χ3v) is 2.64. The van der Waals surface area contributed by atoms with Crippen LogP contribution in [0.15, 0.2) is 0 Å². The molecule has 0 aromatic rings. The molecule has 2 rings (SSSR count). The van der Waals surface area contributed by atoms with Gasteiger partial charge in [-0.15, -0.1) is 0 Å². The van der Waals surface area contributed by atoms with Gasteiger partial charge in [-0.1, -0.05) is 0 Å². The summed E-state index contributed by atoms with van der Waals surface area (Å²) < 4.78 is 41.7. The molecule has 15 heavy (non-hydrogen) atoms. The number of nitrogens with zero attached hydrogens (tertiary/aromatic N) is 1. The van der Waals surface area contributed by atoms with Crippen molar-refractivity contribution >= 4 is 5.91 Å². The summed E-state index contributed by atoms with van der Waals surface area (Å²) in [5, 5.41) is 3.03. The molecular formula is C8H11F3N2O2. The number of amides is 1. The topological polar surface area (TPSA) is 41.6 Å². The Hall–Kier alpha value is -0.820. The molecule has 0 bridgehead atoms. The van der Waals surface area contributed by atoms with Crippen molar-refractivity contribution in [3.63, 3.8) is 0 Å². The number of hydrogen-bond donors (Lipinski definition) is 1. The summed E-state index contributed by atoms with van der Waals surface area (Å²) in [5.74, 6) is -1.78. The van der Waals surface area contributed by atoms with Gasteiger partial charge in [0.1, 0.15) is 0 Å². The number of likely N-dealkylation sites (tertiary alicyclic amines) is 1. The van der Waals surface area contributed by atoms with Crippen molar-refractivity contribution in [2.75, 3.05) is 26.2 Å². The summed E-state index contributed by atoms with van der Waals surface area (Å²) in [4.78, 5) is 11.7. The van der Waals surface area contributed by atoms with Gasteiger partial charge in [0.15, 0.2) is 0 Å². The molecule has 0 aliphatic carbocycles. The monoisotopic (exact) mass is 224 g/mol. The average molecular weight is 224 g/mol. The van der Waals surface area contributed by atoms with Crippen molar-refractivity contribution in [2.24, 2.45) is 0 Å². The van der Waals surface area contributed by atoms with E-state index in [2.05, 4.69) is 5.32 Å². The van der Waals surface area contributed by atoms with Crippen LogP contribution in [0, 0.1) is 0 Å². The molecule has 2 saturated heterocycles. The Balaban J connectivity index is 2.00. The molecule has 0 aromatic carbocycles. The van der Waals surface area contributed by atoms with E-state index in [-0.39, 0.29) is 25.2 Å². The molecule has 0 saturated carbocycles. The van der Waals surface area contributed by atoms with E-state index in [9.17, 15) is 18.0 Å². The van der Waals surface area contributed by atoms with Gasteiger partial charge in [-0.25, -0.2) is 0 Å². The molecule has 2 fully saturated rings. The highest BCUT2D eigenvalue weighted by Crippen LogP contribution is 2.23. The average Bonchev–Trinajstić information content (AvgIpc) is 2.58. The number of carbonyl (C=O) groups is 1. The lowest BCUT2D eigenvalue weighted by Gasteiger charge is -2.25. The van der Waals surface area contributed by atoms with Gasteiger partial charge >= 0.3 is 12.1 Å². The minimum absolute atomic E-state index is 0.0238. The summed E-state index contributed by atoms with van der Waals surface area (Å²) in [6.07, 6.45) is -5.09. The normalized spacial score (nSPS) is 31.5. The molecule has 0 aromatic heterocycles. The van der Waals surface area contributed by atoms with Crippen molar-refractivity contribution in [1.82, 2.24) is 10.2 Å². The van der Waals surface area contributed by atoms with Crippen molar-refractivity contribution in [3.05, 3.63) is 0 Å². The van der Waals surface area contributed by atoms with Crippen molar-refractivity contribution in [3.8, 4) is 0 Å². The Kier molecular flexibility index (Phi) is 2.59. The van der Waals surface area contributed by atoms with Gasteiger partial charge in [0.25, 0.3) is 0 Å². The standard InChI is InChI=1S/C8H11F3N2O2/c9-8(10,11)7(14)13-3-5-6(4-13)15-2-1-12-5/h5-6,12H,1-4H2/t5-,6-/m0/s1. The molecule has 0 radical (unpaired) electrons. The molecular weight excluding hydrogens is 213 g/mol. The first-order chi connectivity index (χ1) is 6.98. The number of alkyl halides is 3. The van der Waals surface area contributed by atoms with E-state index in [0.29, 0.717) is 13.2 Å². The molecule has 4 nitrogen and oxygen atoms in total. The predicted molar refractivity (Wildman–Crippen MR) is 44.2 cm³/mol. The highest BCUT2D eigenvalue weighted by Gasteiger charge is 2.47. The maximum absolute atomic E-state index is 12.1. The Morgan fingerprint density at radius 2 is 2.13 bits per heavy atom. The van der Waals surface area contributed by atoms with E-state index in [1.54, 1.807) is 0 Å². The predicted octanol–water partition coefficient (Wildman–Crippen LogP) is -0.252. The zero-order valence-electron chi connectivity index (χ0n) is 7.88. The first kappa shape index (κ1) is 10.7. The highest BCUT2D eigenvalue weighted by molar-refractivity contribution is 5.82. The van der Waals surface area contributed by atoms with E-state index in [1.807, 2.05) is 0 Å². The van der Waals surface area contributed by atoms with Crippen LogP contribution >= 0.6 is 0 Å². The number of fused-ring (bicyclic) bond motifs is 1. The van der Waals surface area contributed by atoms with Gasteiger partial charge in [-0.3, -0.25) is 4.79 Å². The molecule has 2 aliphatic heterocycles. The van der Waals surface area contributed by atoms with Crippen molar-refractivity contribution in [2.45, 2.75) is 18.3 Å². The Morgan fingerprint density at radius 3 is 2.73 bits per heavy atom. The first-order valence-corrected chi connectivity index (χ1v) is 4.69. The second-order valence-corrected chi connectivity index (χ2v) is 3.68. The SMILES string of the molecule is O=C(N1C[C@@H]2NCCO[C@H]2C1)C(F)(F)F. The zero-order valence-corrected chi connectivity index (χ0v) is 7.88.